The largest absolute Gasteiger partial charge is 0.390 e. The van der Waals surface area contributed by atoms with E-state index in [4.69, 9.17) is 0 Å². The standard InChI is InChI=1S/C13H16N2O2/c1-2-12(16)13(17)11-8-9-14-15(11)10-6-4-3-5-7-10/h3-9,12-13,16-17H,2H2,1H3. The third-order valence-electron chi connectivity index (χ3n) is 2.76. The predicted octanol–water partition coefficient (Wildman–Crippen LogP) is 1.68. The van der Waals surface area contributed by atoms with E-state index in [1.165, 1.54) is 0 Å². The van der Waals surface area contributed by atoms with Crippen LogP contribution in [0.5, 0.6) is 0 Å². The molecular weight excluding hydrogens is 216 g/mol. The van der Waals surface area contributed by atoms with E-state index in [1.807, 2.05) is 37.3 Å². The van der Waals surface area contributed by atoms with Crippen molar-refractivity contribution < 1.29 is 10.2 Å². The SMILES string of the molecule is CCC(O)C(O)c1ccnn1-c1ccccc1. The highest BCUT2D eigenvalue weighted by molar-refractivity contribution is 5.32. The van der Waals surface area contributed by atoms with Crippen LogP contribution in [0.15, 0.2) is 42.6 Å². The first-order valence-electron chi connectivity index (χ1n) is 5.69. The van der Waals surface area contributed by atoms with Crippen molar-refractivity contribution in [2.24, 2.45) is 0 Å². The van der Waals surface area contributed by atoms with Crippen LogP contribution in [-0.4, -0.2) is 26.1 Å². The van der Waals surface area contributed by atoms with Crippen LogP contribution in [0.2, 0.25) is 0 Å². The quantitative estimate of drug-likeness (QED) is 0.843. The minimum Gasteiger partial charge on any atom is -0.390 e. The van der Waals surface area contributed by atoms with E-state index in [-0.39, 0.29) is 0 Å². The maximum absolute atomic E-state index is 10.0. The molecule has 2 unspecified atom stereocenters. The Hall–Kier alpha value is -1.65. The maximum Gasteiger partial charge on any atom is 0.122 e. The van der Waals surface area contributed by atoms with E-state index in [2.05, 4.69) is 5.10 Å². The minimum absolute atomic E-state index is 0.501. The van der Waals surface area contributed by atoms with E-state index in [1.54, 1.807) is 16.9 Å². The number of para-hydroxylation sites is 1. The molecule has 2 rings (SSSR count). The molecule has 2 atom stereocenters. The lowest BCUT2D eigenvalue weighted by atomic mass is 10.1. The summed E-state index contributed by atoms with van der Waals surface area (Å²) >= 11 is 0. The Kier molecular flexibility index (Phi) is 3.56. The van der Waals surface area contributed by atoms with Gasteiger partial charge < -0.3 is 10.2 Å². The highest BCUT2D eigenvalue weighted by Crippen LogP contribution is 2.21. The smallest absolute Gasteiger partial charge is 0.122 e. The van der Waals surface area contributed by atoms with Crippen LogP contribution in [0.4, 0.5) is 0 Å². The van der Waals surface area contributed by atoms with E-state index >= 15 is 0 Å². The van der Waals surface area contributed by atoms with E-state index in [0.29, 0.717) is 12.1 Å². The molecule has 0 spiro atoms. The molecule has 2 N–H and O–H groups in total. The number of rotatable bonds is 4. The average molecular weight is 232 g/mol. The molecule has 4 nitrogen and oxygen atoms in total. The Balaban J connectivity index is 2.35. The van der Waals surface area contributed by atoms with Gasteiger partial charge in [-0.3, -0.25) is 0 Å². The average Bonchev–Trinajstić information content (AvgIpc) is 2.87. The lowest BCUT2D eigenvalue weighted by Gasteiger charge is -2.17. The van der Waals surface area contributed by atoms with Crippen molar-refractivity contribution in [1.82, 2.24) is 9.78 Å². The van der Waals surface area contributed by atoms with Crippen molar-refractivity contribution in [3.8, 4) is 5.69 Å². The van der Waals surface area contributed by atoms with Gasteiger partial charge in [-0.05, 0) is 24.6 Å². The third-order valence-corrected chi connectivity index (χ3v) is 2.76. The van der Waals surface area contributed by atoms with Crippen LogP contribution in [0.25, 0.3) is 5.69 Å². The fourth-order valence-corrected chi connectivity index (χ4v) is 1.74. The third kappa shape index (κ3) is 2.38. The number of aliphatic hydroxyl groups is 2. The summed E-state index contributed by atoms with van der Waals surface area (Å²) in [5.74, 6) is 0. The number of nitrogens with zero attached hydrogens (tertiary/aromatic N) is 2. The zero-order chi connectivity index (χ0) is 12.3. The van der Waals surface area contributed by atoms with Crippen molar-refractivity contribution in [2.45, 2.75) is 25.6 Å². The Morgan fingerprint density at radius 1 is 1.18 bits per heavy atom. The summed E-state index contributed by atoms with van der Waals surface area (Å²) in [6.45, 7) is 1.83. The fourth-order valence-electron chi connectivity index (χ4n) is 1.74. The molecular formula is C13H16N2O2. The van der Waals surface area contributed by atoms with Crippen molar-refractivity contribution >= 4 is 0 Å². The summed E-state index contributed by atoms with van der Waals surface area (Å²) in [7, 11) is 0. The van der Waals surface area contributed by atoms with Gasteiger partial charge in [0.05, 0.1) is 17.5 Å². The van der Waals surface area contributed by atoms with E-state index in [9.17, 15) is 10.2 Å². The van der Waals surface area contributed by atoms with Crippen LogP contribution in [0, 0.1) is 0 Å². The molecule has 0 radical (unpaired) electrons. The maximum atomic E-state index is 10.0. The number of hydrogen-bond acceptors (Lipinski definition) is 3. The Labute approximate surface area is 100 Å². The number of aromatic nitrogens is 2. The molecule has 0 fully saturated rings. The summed E-state index contributed by atoms with van der Waals surface area (Å²) in [5.41, 5.74) is 1.47. The molecule has 2 aromatic rings. The Morgan fingerprint density at radius 3 is 2.53 bits per heavy atom. The monoisotopic (exact) mass is 232 g/mol. The van der Waals surface area contributed by atoms with E-state index < -0.39 is 12.2 Å². The predicted molar refractivity (Wildman–Crippen MR) is 64.8 cm³/mol. The Morgan fingerprint density at radius 2 is 1.88 bits per heavy atom. The highest BCUT2D eigenvalue weighted by atomic mass is 16.3. The molecule has 0 aliphatic heterocycles. The van der Waals surface area contributed by atoms with Gasteiger partial charge in [0.2, 0.25) is 0 Å². The first kappa shape index (κ1) is 11.8. The van der Waals surface area contributed by atoms with Crippen LogP contribution >= 0.6 is 0 Å². The zero-order valence-corrected chi connectivity index (χ0v) is 9.69. The number of benzene rings is 1. The van der Waals surface area contributed by atoms with Gasteiger partial charge in [0, 0.05) is 6.20 Å². The lowest BCUT2D eigenvalue weighted by molar-refractivity contribution is 0.0125. The van der Waals surface area contributed by atoms with Crippen molar-refractivity contribution in [3.63, 3.8) is 0 Å². The van der Waals surface area contributed by atoms with Gasteiger partial charge in [-0.15, -0.1) is 0 Å². The lowest BCUT2D eigenvalue weighted by Crippen LogP contribution is -2.20. The first-order valence-corrected chi connectivity index (χ1v) is 5.69. The number of aliphatic hydroxyl groups excluding tert-OH is 2. The van der Waals surface area contributed by atoms with Crippen molar-refractivity contribution in [3.05, 3.63) is 48.3 Å². The van der Waals surface area contributed by atoms with Crippen LogP contribution < -0.4 is 0 Å². The summed E-state index contributed by atoms with van der Waals surface area (Å²) in [6.07, 6.45) is 0.437. The molecule has 1 heterocycles. The topological polar surface area (TPSA) is 58.3 Å². The van der Waals surface area contributed by atoms with Gasteiger partial charge in [-0.25, -0.2) is 4.68 Å². The van der Waals surface area contributed by atoms with Gasteiger partial charge in [0.15, 0.2) is 0 Å². The summed E-state index contributed by atoms with van der Waals surface area (Å²) < 4.78 is 1.64. The van der Waals surface area contributed by atoms with Gasteiger partial charge in [-0.1, -0.05) is 25.1 Å². The van der Waals surface area contributed by atoms with E-state index in [0.717, 1.165) is 5.69 Å². The second kappa shape index (κ2) is 5.12. The molecule has 0 bridgehead atoms. The zero-order valence-electron chi connectivity index (χ0n) is 9.69. The molecule has 1 aromatic heterocycles. The molecule has 0 amide bonds. The first-order chi connectivity index (χ1) is 8.24. The van der Waals surface area contributed by atoms with Crippen molar-refractivity contribution in [1.29, 1.82) is 0 Å². The summed E-state index contributed by atoms with van der Waals surface area (Å²) in [4.78, 5) is 0. The normalized spacial score (nSPS) is 14.5. The van der Waals surface area contributed by atoms with Crippen molar-refractivity contribution in [2.75, 3.05) is 0 Å². The summed E-state index contributed by atoms with van der Waals surface area (Å²) in [6, 6.07) is 11.3. The molecule has 0 aliphatic rings. The molecule has 4 heteroatoms. The number of hydrogen-bond donors (Lipinski definition) is 2. The fraction of sp³-hybridized carbons (Fsp3) is 0.308. The second-order valence-corrected chi connectivity index (χ2v) is 3.92. The van der Waals surface area contributed by atoms with Gasteiger partial charge in [-0.2, -0.15) is 5.10 Å². The van der Waals surface area contributed by atoms with Gasteiger partial charge >= 0.3 is 0 Å². The van der Waals surface area contributed by atoms with Crippen LogP contribution in [-0.2, 0) is 0 Å². The van der Waals surface area contributed by atoms with Gasteiger partial charge in [0.25, 0.3) is 0 Å². The molecule has 90 valence electrons. The second-order valence-electron chi connectivity index (χ2n) is 3.92. The molecule has 0 saturated heterocycles. The van der Waals surface area contributed by atoms with Crippen LogP contribution in [0.3, 0.4) is 0 Å². The molecule has 0 aliphatic carbocycles. The van der Waals surface area contributed by atoms with Crippen LogP contribution in [0.1, 0.15) is 25.1 Å². The molecule has 17 heavy (non-hydrogen) atoms. The molecule has 0 saturated carbocycles. The highest BCUT2D eigenvalue weighted by Gasteiger charge is 2.20. The minimum atomic E-state index is -0.914. The Bertz CT molecular complexity index is 467. The van der Waals surface area contributed by atoms with Gasteiger partial charge in [0.1, 0.15) is 6.10 Å². The summed E-state index contributed by atoms with van der Waals surface area (Å²) in [5, 5.41) is 23.9. The molecule has 1 aromatic carbocycles.